The molecule has 0 saturated heterocycles. The van der Waals surface area contributed by atoms with Gasteiger partial charge in [0.25, 0.3) is 5.91 Å². The first-order chi connectivity index (χ1) is 10.2. The number of nitrogens with zero attached hydrogens (tertiary/aromatic N) is 1. The van der Waals surface area contributed by atoms with E-state index < -0.39 is 6.10 Å². The van der Waals surface area contributed by atoms with Gasteiger partial charge in [0.15, 0.2) is 0 Å². The van der Waals surface area contributed by atoms with Crippen LogP contribution in [0.4, 0.5) is 0 Å². The van der Waals surface area contributed by atoms with Gasteiger partial charge in [0, 0.05) is 18.0 Å². The van der Waals surface area contributed by atoms with Crippen molar-refractivity contribution in [2.24, 2.45) is 0 Å². The molecule has 0 spiro atoms. The Morgan fingerprint density at radius 1 is 1.33 bits per heavy atom. The Kier molecular flexibility index (Phi) is 5.73. The minimum Gasteiger partial charge on any atom is -0.391 e. The Hall–Kier alpha value is -1.90. The number of aliphatic hydroxyl groups is 2. The average molecular weight is 288 g/mol. The van der Waals surface area contributed by atoms with E-state index in [1.165, 1.54) is 6.20 Å². The average Bonchev–Trinajstić information content (AvgIpc) is 2.70. The van der Waals surface area contributed by atoms with Crippen LogP contribution in [0.2, 0.25) is 0 Å². The molecule has 0 aromatic carbocycles. The lowest BCUT2D eigenvalue weighted by Gasteiger charge is -2.21. The normalized spacial score (nSPS) is 21.8. The number of aromatic nitrogens is 1. The summed E-state index contributed by atoms with van der Waals surface area (Å²) >= 11 is 0. The lowest BCUT2D eigenvalue weighted by Crippen LogP contribution is -2.42. The van der Waals surface area contributed by atoms with Gasteiger partial charge < -0.3 is 15.5 Å². The van der Waals surface area contributed by atoms with Crippen molar-refractivity contribution >= 4 is 5.91 Å². The minimum absolute atomic E-state index is 0.202. The summed E-state index contributed by atoms with van der Waals surface area (Å²) < 4.78 is 0. The van der Waals surface area contributed by atoms with Crippen LogP contribution in [0.5, 0.6) is 0 Å². The number of nitrogens with one attached hydrogen (secondary N) is 1. The number of hydrogen-bond acceptors (Lipinski definition) is 4. The van der Waals surface area contributed by atoms with Crippen molar-refractivity contribution in [1.82, 2.24) is 10.3 Å². The van der Waals surface area contributed by atoms with Gasteiger partial charge in [-0.2, -0.15) is 0 Å². The van der Waals surface area contributed by atoms with Gasteiger partial charge >= 0.3 is 0 Å². The van der Waals surface area contributed by atoms with Crippen LogP contribution < -0.4 is 5.32 Å². The molecule has 2 rings (SSSR count). The molecule has 112 valence electrons. The quantitative estimate of drug-likeness (QED) is 0.556. The summed E-state index contributed by atoms with van der Waals surface area (Å²) in [6.45, 7) is -0.231. The fourth-order valence-electron chi connectivity index (χ4n) is 2.48. The first-order valence-corrected chi connectivity index (χ1v) is 7.24. The third kappa shape index (κ3) is 4.55. The van der Waals surface area contributed by atoms with E-state index in [0.29, 0.717) is 11.1 Å². The predicted octanol–water partition coefficient (Wildman–Crippen LogP) is 0.849. The van der Waals surface area contributed by atoms with E-state index in [0.717, 1.165) is 32.1 Å². The summed E-state index contributed by atoms with van der Waals surface area (Å²) in [4.78, 5) is 16.2. The van der Waals surface area contributed by atoms with Crippen molar-refractivity contribution in [3.8, 4) is 11.8 Å². The van der Waals surface area contributed by atoms with Crippen LogP contribution >= 0.6 is 0 Å². The molecular formula is C16H20N2O3. The van der Waals surface area contributed by atoms with Gasteiger partial charge in [0.2, 0.25) is 0 Å². The smallest absolute Gasteiger partial charge is 0.253 e. The molecule has 1 aromatic heterocycles. The fraction of sp³-hybridized carbons (Fsp3) is 0.500. The third-order valence-corrected chi connectivity index (χ3v) is 3.61. The van der Waals surface area contributed by atoms with Crippen molar-refractivity contribution in [3.63, 3.8) is 0 Å². The number of hydrogen-bond donors (Lipinski definition) is 3. The van der Waals surface area contributed by atoms with Crippen LogP contribution in [-0.2, 0) is 0 Å². The molecule has 1 aliphatic carbocycles. The maximum Gasteiger partial charge on any atom is 0.253 e. The van der Waals surface area contributed by atoms with Gasteiger partial charge in [0.1, 0.15) is 6.61 Å². The summed E-state index contributed by atoms with van der Waals surface area (Å²) in [7, 11) is 0. The van der Waals surface area contributed by atoms with E-state index in [1.807, 2.05) is 0 Å². The van der Waals surface area contributed by atoms with E-state index in [4.69, 9.17) is 5.11 Å². The molecule has 5 nitrogen and oxygen atoms in total. The van der Waals surface area contributed by atoms with Gasteiger partial charge in [-0.05, 0) is 18.9 Å². The highest BCUT2D eigenvalue weighted by molar-refractivity contribution is 5.94. The lowest BCUT2D eigenvalue weighted by molar-refractivity contribution is 0.0818. The van der Waals surface area contributed by atoms with Crippen molar-refractivity contribution in [1.29, 1.82) is 0 Å². The SMILES string of the molecule is O=C(NC1CCCCCC1O)c1cncc(C#CCO)c1. The van der Waals surface area contributed by atoms with Gasteiger partial charge in [-0.15, -0.1) is 0 Å². The van der Waals surface area contributed by atoms with E-state index in [1.54, 1.807) is 12.3 Å². The largest absolute Gasteiger partial charge is 0.391 e. The van der Waals surface area contributed by atoms with Crippen molar-refractivity contribution in [3.05, 3.63) is 29.6 Å². The van der Waals surface area contributed by atoms with Crippen LogP contribution in [0.15, 0.2) is 18.5 Å². The summed E-state index contributed by atoms with van der Waals surface area (Å²) in [5, 5.41) is 21.6. The van der Waals surface area contributed by atoms with Gasteiger partial charge in [0.05, 0.1) is 17.7 Å². The molecule has 2 unspecified atom stereocenters. The second-order valence-electron chi connectivity index (χ2n) is 5.21. The molecule has 0 radical (unpaired) electrons. The number of rotatable bonds is 2. The molecule has 1 saturated carbocycles. The van der Waals surface area contributed by atoms with Crippen LogP contribution in [0, 0.1) is 11.8 Å². The van der Waals surface area contributed by atoms with Crippen molar-refractivity contribution in [2.45, 2.75) is 44.2 Å². The summed E-state index contributed by atoms with van der Waals surface area (Å²) in [6.07, 6.45) is 7.17. The van der Waals surface area contributed by atoms with Crippen LogP contribution in [0.1, 0.15) is 48.0 Å². The second kappa shape index (κ2) is 7.77. The highest BCUT2D eigenvalue weighted by atomic mass is 16.3. The highest BCUT2D eigenvalue weighted by Crippen LogP contribution is 2.18. The molecule has 1 fully saturated rings. The number of carbonyl (C=O) groups excluding carboxylic acids is 1. The highest BCUT2D eigenvalue weighted by Gasteiger charge is 2.23. The topological polar surface area (TPSA) is 82.5 Å². The number of aliphatic hydroxyl groups excluding tert-OH is 2. The van der Waals surface area contributed by atoms with Gasteiger partial charge in [-0.25, -0.2) is 0 Å². The predicted molar refractivity (Wildman–Crippen MR) is 78.5 cm³/mol. The molecular weight excluding hydrogens is 268 g/mol. The van der Waals surface area contributed by atoms with Gasteiger partial charge in [-0.1, -0.05) is 31.1 Å². The lowest BCUT2D eigenvalue weighted by atomic mass is 10.1. The molecule has 0 aliphatic heterocycles. The zero-order valence-corrected chi connectivity index (χ0v) is 11.9. The standard InChI is InChI=1S/C16H20N2O3/c19-8-4-5-12-9-13(11-17-10-12)16(21)18-14-6-2-1-3-7-15(14)20/h9-11,14-15,19-20H,1-3,6-8H2,(H,18,21). The Balaban J connectivity index is 2.05. The summed E-state index contributed by atoms with van der Waals surface area (Å²) in [5.41, 5.74) is 0.995. The van der Waals surface area contributed by atoms with Gasteiger partial charge in [-0.3, -0.25) is 9.78 Å². The molecule has 21 heavy (non-hydrogen) atoms. The Bertz CT molecular complexity index is 548. The van der Waals surface area contributed by atoms with E-state index in [-0.39, 0.29) is 18.6 Å². The molecule has 1 heterocycles. The van der Waals surface area contributed by atoms with Crippen molar-refractivity contribution < 1.29 is 15.0 Å². The van der Waals surface area contributed by atoms with Crippen molar-refractivity contribution in [2.75, 3.05) is 6.61 Å². The number of amides is 1. The maximum absolute atomic E-state index is 12.2. The maximum atomic E-state index is 12.2. The van der Waals surface area contributed by atoms with E-state index in [2.05, 4.69) is 22.1 Å². The molecule has 1 aliphatic rings. The minimum atomic E-state index is -0.484. The Morgan fingerprint density at radius 2 is 2.14 bits per heavy atom. The Labute approximate surface area is 124 Å². The van der Waals surface area contributed by atoms with E-state index in [9.17, 15) is 9.90 Å². The van der Waals surface area contributed by atoms with Crippen LogP contribution in [0.3, 0.4) is 0 Å². The first kappa shape index (κ1) is 15.5. The molecule has 5 heteroatoms. The molecule has 1 aromatic rings. The molecule has 3 N–H and O–H groups in total. The summed E-state index contributed by atoms with van der Waals surface area (Å²) in [5.74, 6) is 4.99. The zero-order valence-electron chi connectivity index (χ0n) is 11.9. The van der Waals surface area contributed by atoms with E-state index >= 15 is 0 Å². The zero-order chi connectivity index (χ0) is 15.1. The molecule has 1 amide bonds. The Morgan fingerprint density at radius 3 is 2.95 bits per heavy atom. The summed E-state index contributed by atoms with van der Waals surface area (Å²) in [6, 6.07) is 1.43. The van der Waals surface area contributed by atoms with Crippen LogP contribution in [-0.4, -0.2) is 39.9 Å². The third-order valence-electron chi connectivity index (χ3n) is 3.61. The molecule has 2 atom stereocenters. The fourth-order valence-corrected chi connectivity index (χ4v) is 2.48. The first-order valence-electron chi connectivity index (χ1n) is 7.24. The number of carbonyl (C=O) groups is 1. The van der Waals surface area contributed by atoms with Crippen LogP contribution in [0.25, 0.3) is 0 Å². The number of pyridine rings is 1. The second-order valence-corrected chi connectivity index (χ2v) is 5.21. The molecule has 0 bridgehead atoms. The monoisotopic (exact) mass is 288 g/mol.